The second kappa shape index (κ2) is 9.22. The number of anilines is 1. The van der Waals surface area contributed by atoms with E-state index in [1.54, 1.807) is 40.2 Å². The Morgan fingerprint density at radius 3 is 2.97 bits per heavy atom. The van der Waals surface area contributed by atoms with Crippen LogP contribution in [0.25, 0.3) is 10.6 Å². The summed E-state index contributed by atoms with van der Waals surface area (Å²) in [6.45, 7) is 4.40. The van der Waals surface area contributed by atoms with E-state index in [1.807, 2.05) is 6.07 Å². The molecule has 0 spiro atoms. The van der Waals surface area contributed by atoms with Gasteiger partial charge in [0.15, 0.2) is 5.13 Å². The van der Waals surface area contributed by atoms with Crippen molar-refractivity contribution >= 4 is 51.3 Å². The van der Waals surface area contributed by atoms with Crippen molar-refractivity contribution in [2.75, 3.05) is 18.0 Å². The lowest BCUT2D eigenvalue weighted by Gasteiger charge is -2.25. The van der Waals surface area contributed by atoms with Crippen molar-refractivity contribution in [1.29, 1.82) is 0 Å². The van der Waals surface area contributed by atoms with Crippen LogP contribution in [-0.2, 0) is 12.8 Å². The highest BCUT2D eigenvalue weighted by atomic mass is 32.1. The third kappa shape index (κ3) is 4.61. The molecule has 0 bridgehead atoms. The number of hydrazone groups is 1. The van der Waals surface area contributed by atoms with Gasteiger partial charge in [-0.15, -0.1) is 22.7 Å². The van der Waals surface area contributed by atoms with E-state index in [0.29, 0.717) is 5.92 Å². The summed E-state index contributed by atoms with van der Waals surface area (Å²) >= 11 is 4.95. The van der Waals surface area contributed by atoms with Crippen LogP contribution in [-0.4, -0.2) is 30.2 Å². The molecule has 1 aliphatic heterocycles. The van der Waals surface area contributed by atoms with E-state index in [2.05, 4.69) is 39.9 Å². The number of amides is 1. The number of piperidine rings is 1. The van der Waals surface area contributed by atoms with Gasteiger partial charge in [0.25, 0.3) is 5.91 Å². The number of carbonyl (C=O) groups excluding carboxylic acids is 1. The summed E-state index contributed by atoms with van der Waals surface area (Å²) < 4.78 is 0. The van der Waals surface area contributed by atoms with Crippen molar-refractivity contribution in [1.82, 2.24) is 10.4 Å². The number of nitrogens with zero attached hydrogens (tertiary/aromatic N) is 3. The van der Waals surface area contributed by atoms with E-state index in [1.165, 1.54) is 36.1 Å². The molecule has 8 heteroatoms. The topological polar surface area (TPSA) is 57.6 Å². The van der Waals surface area contributed by atoms with Crippen molar-refractivity contribution in [2.45, 2.75) is 45.4 Å². The average molecular weight is 471 g/mol. The van der Waals surface area contributed by atoms with Gasteiger partial charge in [-0.2, -0.15) is 5.10 Å². The van der Waals surface area contributed by atoms with Gasteiger partial charge in [-0.3, -0.25) is 4.79 Å². The second-order valence-electron chi connectivity index (χ2n) is 8.34. The zero-order valence-electron chi connectivity index (χ0n) is 17.6. The highest BCUT2D eigenvalue weighted by Crippen LogP contribution is 2.35. The minimum Gasteiger partial charge on any atom is -0.348 e. The molecule has 0 unspecified atom stereocenters. The first-order chi connectivity index (χ1) is 15.2. The molecule has 162 valence electrons. The molecule has 5 rings (SSSR count). The fourth-order valence-electron chi connectivity index (χ4n) is 4.24. The van der Waals surface area contributed by atoms with Crippen LogP contribution >= 0.6 is 34.0 Å². The Morgan fingerprint density at radius 1 is 1.29 bits per heavy atom. The maximum atomic E-state index is 12.7. The molecular formula is C23H26N4OS3. The molecule has 1 aliphatic carbocycles. The smallest absolute Gasteiger partial charge is 0.281 e. The van der Waals surface area contributed by atoms with Crippen LogP contribution in [0.3, 0.4) is 0 Å². The lowest BCUT2D eigenvalue weighted by atomic mass is 9.90. The summed E-state index contributed by atoms with van der Waals surface area (Å²) in [6, 6.07) is 6.19. The first-order valence-corrected chi connectivity index (χ1v) is 13.4. The second-order valence-corrected chi connectivity index (χ2v) is 11.4. The summed E-state index contributed by atoms with van der Waals surface area (Å²) in [7, 11) is 0. The lowest BCUT2D eigenvalue weighted by Crippen LogP contribution is -2.29. The average Bonchev–Trinajstić information content (AvgIpc) is 3.53. The van der Waals surface area contributed by atoms with E-state index in [4.69, 9.17) is 4.98 Å². The van der Waals surface area contributed by atoms with Crippen molar-refractivity contribution in [3.8, 4) is 10.6 Å². The van der Waals surface area contributed by atoms with Crippen molar-refractivity contribution in [2.24, 2.45) is 11.0 Å². The van der Waals surface area contributed by atoms with Crippen LogP contribution in [0.4, 0.5) is 5.13 Å². The van der Waals surface area contributed by atoms with Gasteiger partial charge in [0.2, 0.25) is 0 Å². The number of aromatic nitrogens is 1. The van der Waals surface area contributed by atoms with Gasteiger partial charge >= 0.3 is 0 Å². The number of aryl methyl sites for hydroxylation is 1. The van der Waals surface area contributed by atoms with Crippen LogP contribution in [0.15, 0.2) is 28.7 Å². The minimum absolute atomic E-state index is 0.123. The molecule has 3 aromatic rings. The maximum absolute atomic E-state index is 12.7. The van der Waals surface area contributed by atoms with Crippen LogP contribution in [0.1, 0.15) is 57.6 Å². The van der Waals surface area contributed by atoms with Crippen molar-refractivity contribution in [3.63, 3.8) is 0 Å². The standard InChI is InChI=1S/C23H26N4OS3/c1-15-7-8-17-16(12-15)13-19(30-17)22(28)26-24-14-20-21(18-6-5-11-29-18)25-23(31-20)27-9-3-2-4-10-27/h5-6,11,13-15H,2-4,7-10,12H2,1H3,(H,26,28)/b24-14-/t15-/m1/s1. The number of fused-ring (bicyclic) bond motifs is 1. The molecule has 3 aromatic heterocycles. The molecule has 0 aromatic carbocycles. The molecular weight excluding hydrogens is 444 g/mol. The van der Waals surface area contributed by atoms with E-state index >= 15 is 0 Å². The monoisotopic (exact) mass is 470 g/mol. The number of hydrogen-bond donors (Lipinski definition) is 1. The van der Waals surface area contributed by atoms with E-state index in [0.717, 1.165) is 51.4 Å². The third-order valence-corrected chi connectivity index (χ3v) is 9.09. The molecule has 1 saturated heterocycles. The highest BCUT2D eigenvalue weighted by Gasteiger charge is 2.21. The predicted molar refractivity (Wildman–Crippen MR) is 132 cm³/mol. The predicted octanol–water partition coefficient (Wildman–Crippen LogP) is 5.81. The van der Waals surface area contributed by atoms with Gasteiger partial charge in [0.05, 0.1) is 20.8 Å². The number of thiazole rings is 1. The molecule has 2 aliphatic rings. The molecule has 0 radical (unpaired) electrons. The van der Waals surface area contributed by atoms with Gasteiger partial charge in [0.1, 0.15) is 5.69 Å². The Hall–Kier alpha value is -2.03. The summed E-state index contributed by atoms with van der Waals surface area (Å²) in [6.07, 6.45) is 8.87. The van der Waals surface area contributed by atoms with E-state index in [-0.39, 0.29) is 5.91 Å². The molecule has 0 saturated carbocycles. The van der Waals surface area contributed by atoms with Gasteiger partial charge < -0.3 is 4.90 Å². The van der Waals surface area contributed by atoms with Gasteiger partial charge in [0, 0.05) is 18.0 Å². The summed E-state index contributed by atoms with van der Waals surface area (Å²) in [4.78, 5) is 24.2. The first-order valence-electron chi connectivity index (χ1n) is 10.9. The molecule has 1 amide bonds. The molecule has 1 N–H and O–H groups in total. The Balaban J connectivity index is 1.33. The van der Waals surface area contributed by atoms with Gasteiger partial charge in [-0.25, -0.2) is 10.4 Å². The fraction of sp³-hybridized carbons (Fsp3) is 0.435. The molecule has 31 heavy (non-hydrogen) atoms. The summed E-state index contributed by atoms with van der Waals surface area (Å²) in [5.41, 5.74) is 5.04. The third-order valence-electron chi connectivity index (χ3n) is 5.92. The first kappa shape index (κ1) is 20.8. The van der Waals surface area contributed by atoms with E-state index in [9.17, 15) is 4.79 Å². The summed E-state index contributed by atoms with van der Waals surface area (Å²) in [5.74, 6) is 0.578. The van der Waals surface area contributed by atoms with Crippen molar-refractivity contribution in [3.05, 3.63) is 43.8 Å². The minimum atomic E-state index is -0.123. The highest BCUT2D eigenvalue weighted by molar-refractivity contribution is 7.18. The van der Waals surface area contributed by atoms with Crippen LogP contribution in [0.2, 0.25) is 0 Å². The van der Waals surface area contributed by atoms with Crippen LogP contribution in [0, 0.1) is 5.92 Å². The van der Waals surface area contributed by atoms with E-state index < -0.39 is 0 Å². The fourth-order valence-corrected chi connectivity index (χ4v) is 7.13. The van der Waals surface area contributed by atoms with Crippen LogP contribution in [0.5, 0.6) is 0 Å². The Labute approximate surface area is 194 Å². The Kier molecular flexibility index (Phi) is 6.20. The summed E-state index contributed by atoms with van der Waals surface area (Å²) in [5, 5.41) is 7.43. The lowest BCUT2D eigenvalue weighted by molar-refractivity contribution is 0.0959. The zero-order valence-corrected chi connectivity index (χ0v) is 20.0. The van der Waals surface area contributed by atoms with Crippen molar-refractivity contribution < 1.29 is 4.79 Å². The number of rotatable bonds is 5. The number of hydrogen-bond acceptors (Lipinski definition) is 7. The largest absolute Gasteiger partial charge is 0.348 e. The normalized spacial score (nSPS) is 19.0. The number of carbonyl (C=O) groups is 1. The maximum Gasteiger partial charge on any atom is 0.281 e. The SMILES string of the molecule is C[C@@H]1CCc2sc(C(=O)N/N=C\c3sc(N4CCCCC4)nc3-c3cccs3)cc2C1. The zero-order chi connectivity index (χ0) is 21.2. The molecule has 1 atom stereocenters. The molecule has 1 fully saturated rings. The van der Waals surface area contributed by atoms with Gasteiger partial charge in [-0.1, -0.05) is 24.3 Å². The van der Waals surface area contributed by atoms with Crippen LogP contribution < -0.4 is 10.3 Å². The molecule has 4 heterocycles. The number of nitrogens with one attached hydrogen (secondary N) is 1. The van der Waals surface area contributed by atoms with Gasteiger partial charge in [-0.05, 0) is 67.5 Å². The molecule has 5 nitrogen and oxygen atoms in total. The number of thiophene rings is 2. The Bertz CT molecular complexity index is 1080. The quantitative estimate of drug-likeness (QED) is 0.378. The Morgan fingerprint density at radius 2 is 2.16 bits per heavy atom.